The average Bonchev–Trinajstić information content (AvgIpc) is 3.00. The van der Waals surface area contributed by atoms with Crippen molar-refractivity contribution in [3.8, 4) is 0 Å². The van der Waals surface area contributed by atoms with Crippen LogP contribution < -0.4 is 0 Å². The molecule has 0 aliphatic rings. The number of halogens is 39. The summed E-state index contributed by atoms with van der Waals surface area (Å²) in [5.74, 6) is -132. The molecule has 0 amide bonds. The molecule has 0 saturated heterocycles. The summed E-state index contributed by atoms with van der Waals surface area (Å²) in [6.45, 7) is 0. The summed E-state index contributed by atoms with van der Waals surface area (Å²) in [4.78, 5) is 0. The normalized spacial score (nSPS) is 18.8. The smallest absolute Gasteiger partial charge is 0.281 e. The molecule has 0 rings (SSSR count). The van der Waals surface area contributed by atoms with Crippen LogP contribution in [0.4, 0.5) is 171 Å². The van der Waals surface area contributed by atoms with Crippen LogP contribution in [0.1, 0.15) is 0 Å². The molecule has 45 heteroatoms. The lowest BCUT2D eigenvalue weighted by molar-refractivity contribution is -0.562. The van der Waals surface area contributed by atoms with Gasteiger partial charge in [0.15, 0.2) is 0 Å². The Morgan fingerprint density at radius 2 is 0.438 bits per heavy atom. The molecule has 386 valence electrons. The van der Waals surface area contributed by atoms with Gasteiger partial charge in [-0.2, -0.15) is 180 Å². The van der Waals surface area contributed by atoms with Crippen LogP contribution in [-0.4, -0.2) is 126 Å². The van der Waals surface area contributed by atoms with Crippen molar-refractivity contribution in [2.75, 3.05) is 0 Å². The minimum atomic E-state index is -10.6. The lowest BCUT2D eigenvalue weighted by Crippen LogP contribution is -2.80. The molecule has 0 fully saturated rings. The molecule has 0 spiro atoms. The van der Waals surface area contributed by atoms with Gasteiger partial charge in [-0.1, -0.05) is 0 Å². The van der Waals surface area contributed by atoms with Gasteiger partial charge in [0.1, 0.15) is 0 Å². The molecule has 64 heavy (non-hydrogen) atoms. The van der Waals surface area contributed by atoms with Crippen LogP contribution in [0, 0.1) is 0 Å². The van der Waals surface area contributed by atoms with Crippen molar-refractivity contribution in [1.29, 1.82) is 0 Å². The molecule has 2 atom stereocenters. The lowest BCUT2D eigenvalue weighted by atomic mass is 9.83. The van der Waals surface area contributed by atoms with Gasteiger partial charge < -0.3 is 0 Å². The Bertz CT molecular complexity index is 1820. The monoisotopic (exact) mass is 1080 g/mol. The van der Waals surface area contributed by atoms with Crippen LogP contribution in [0.15, 0.2) is 0 Å². The zero-order valence-corrected chi connectivity index (χ0v) is 27.5. The van der Waals surface area contributed by atoms with Crippen molar-refractivity contribution in [3.05, 3.63) is 0 Å². The molecule has 0 aliphatic heterocycles. The van der Waals surface area contributed by atoms with Crippen molar-refractivity contribution >= 4 is 10.1 Å². The van der Waals surface area contributed by atoms with E-state index >= 15 is 0 Å². The van der Waals surface area contributed by atoms with Gasteiger partial charge in [0.05, 0.1) is 0 Å². The van der Waals surface area contributed by atoms with E-state index in [1.165, 1.54) is 0 Å². The number of ether oxygens (including phenoxy) is 2. The zero-order valence-electron chi connectivity index (χ0n) is 26.7. The number of alkyl halides is 39. The molecule has 0 heterocycles. The third-order valence-electron chi connectivity index (χ3n) is 7.01. The molecule has 0 aromatic carbocycles. The Labute approximate surface area is 318 Å². The Hall–Kier alpha value is -2.90. The first-order chi connectivity index (χ1) is 26.7. The van der Waals surface area contributed by atoms with Crippen molar-refractivity contribution in [2.45, 2.75) is 113 Å². The second-order valence-electron chi connectivity index (χ2n) is 11.2. The van der Waals surface area contributed by atoms with Crippen molar-refractivity contribution < 1.29 is 194 Å². The summed E-state index contributed by atoms with van der Waals surface area (Å²) < 4.78 is 557. The molecule has 0 aliphatic carbocycles. The maximum atomic E-state index is 14.5. The van der Waals surface area contributed by atoms with Gasteiger partial charge in [-0.15, -0.1) is 0 Å². The highest BCUT2D eigenvalue weighted by molar-refractivity contribution is 7.87. The van der Waals surface area contributed by atoms with E-state index in [1.54, 1.807) is 0 Å². The first kappa shape index (κ1) is 61.1. The predicted molar refractivity (Wildman–Crippen MR) is 109 cm³/mol. The second-order valence-corrected chi connectivity index (χ2v) is 12.7. The van der Waals surface area contributed by atoms with Crippen LogP contribution in [0.3, 0.4) is 0 Å². The summed E-state index contributed by atoms with van der Waals surface area (Å²) in [6.07, 6.45) is -45.3. The van der Waals surface area contributed by atoms with Crippen molar-refractivity contribution in [3.63, 3.8) is 0 Å². The van der Waals surface area contributed by atoms with Crippen LogP contribution in [0.2, 0.25) is 0 Å². The highest BCUT2D eigenvalue weighted by Crippen LogP contribution is 2.70. The molecule has 2 unspecified atom stereocenters. The van der Waals surface area contributed by atoms with Gasteiger partial charge in [0.25, 0.3) is 0 Å². The third-order valence-corrected chi connectivity index (χ3v) is 7.89. The molecule has 0 aromatic rings. The van der Waals surface area contributed by atoms with Crippen LogP contribution in [0.5, 0.6) is 0 Å². The topological polar surface area (TPSA) is 72.8 Å². The molecule has 0 bridgehead atoms. The van der Waals surface area contributed by atoms with Crippen molar-refractivity contribution in [2.24, 2.45) is 0 Å². The summed E-state index contributed by atoms with van der Waals surface area (Å²) in [6, 6.07) is 0. The number of rotatable bonds is 18. The highest BCUT2D eigenvalue weighted by atomic mass is 32.2. The van der Waals surface area contributed by atoms with Crippen molar-refractivity contribution in [1.82, 2.24) is 0 Å². The Morgan fingerprint density at radius 3 is 0.625 bits per heavy atom. The van der Waals surface area contributed by atoms with Gasteiger partial charge >= 0.3 is 123 Å². The number of hydrogen-bond acceptors (Lipinski definition) is 4. The Balaban J connectivity index is 8.19. The fourth-order valence-corrected chi connectivity index (χ4v) is 3.71. The van der Waals surface area contributed by atoms with Crippen LogP contribution in [-0.2, 0) is 19.6 Å². The fraction of sp³-hybridized carbons (Fsp3) is 1.00. The van der Waals surface area contributed by atoms with Gasteiger partial charge in [0, 0.05) is 0 Å². The largest absolute Gasteiger partial charge is 0.460 e. The summed E-state index contributed by atoms with van der Waals surface area (Å²) in [5.41, 5.74) is 0. The Kier molecular flexibility index (Phi) is 14.1. The predicted octanol–water partition coefficient (Wildman–Crippen LogP) is 11.7. The van der Waals surface area contributed by atoms with E-state index in [-0.39, 0.29) is 0 Å². The first-order valence-corrected chi connectivity index (χ1v) is 14.3. The third kappa shape index (κ3) is 7.59. The lowest BCUT2D eigenvalue weighted by Gasteiger charge is -2.47. The SMILES string of the molecule is O=S(=O)(O)C(F)(F)C(F)(F)OC(F)(C(F)(F)F)C(F)(F)OC(F)(C(F)(F)F)C(F)(F)C(F)(F)C(F)(F)C(F)(F)C(F)(F)C(F)(F)C(F)(F)C(F)(F)C(F)(F)C(F)(F)C(F)(F)C(F)(F)F. The molecule has 0 radical (unpaired) electrons. The second kappa shape index (κ2) is 14.8. The Morgan fingerprint density at radius 1 is 0.250 bits per heavy atom. The van der Waals surface area contributed by atoms with Crippen LogP contribution >= 0.6 is 0 Å². The van der Waals surface area contributed by atoms with E-state index in [0.29, 0.717) is 4.74 Å². The number of hydrogen-bond donors (Lipinski definition) is 1. The average molecular weight is 1080 g/mol. The standard InChI is InChI=1S/C19HF39O5S/c20-1(21,3(24,25)5(28,29)7(32,33)9(36,37)11(40,41)14(44,45)46)2(22,23)4(26,27)6(30,31)8(34,35)10(38,39)12(42,15(47,48)49)62-17(53,54)13(43,16(50,51)52)63-18(55,56)19(57,58)64(59,60)61/h(H,59,60,61). The van der Waals surface area contributed by atoms with Gasteiger partial charge in [-0.05, 0) is 0 Å². The molecular weight excluding hydrogens is 1080 g/mol. The summed E-state index contributed by atoms with van der Waals surface area (Å²) in [5, 5.41) is -8.17. The molecule has 0 aromatic heterocycles. The maximum absolute atomic E-state index is 14.5. The summed E-state index contributed by atoms with van der Waals surface area (Å²) >= 11 is 0. The minimum absolute atomic E-state index is 0.463. The molecule has 0 saturated carbocycles. The maximum Gasteiger partial charge on any atom is 0.460 e. The highest BCUT2D eigenvalue weighted by Gasteiger charge is 3.01. The summed E-state index contributed by atoms with van der Waals surface area (Å²) in [7, 11) is -8.32. The minimum Gasteiger partial charge on any atom is -0.281 e. The van der Waals surface area contributed by atoms with E-state index in [0.717, 1.165) is 4.74 Å². The fourth-order valence-electron chi connectivity index (χ4n) is 3.37. The van der Waals surface area contributed by atoms with E-state index in [4.69, 9.17) is 4.55 Å². The van der Waals surface area contributed by atoms with E-state index in [2.05, 4.69) is 0 Å². The molecule has 5 nitrogen and oxygen atoms in total. The van der Waals surface area contributed by atoms with E-state index < -0.39 is 123 Å². The van der Waals surface area contributed by atoms with E-state index in [9.17, 15) is 180 Å². The van der Waals surface area contributed by atoms with Crippen LogP contribution in [0.25, 0.3) is 0 Å². The van der Waals surface area contributed by atoms with E-state index in [1.807, 2.05) is 0 Å². The van der Waals surface area contributed by atoms with Gasteiger partial charge in [0.2, 0.25) is 0 Å². The van der Waals surface area contributed by atoms with Gasteiger partial charge in [-0.25, -0.2) is 0 Å². The zero-order chi connectivity index (χ0) is 53.4. The quantitative estimate of drug-likeness (QED) is 0.109. The molecular formula is C19HF39O5S. The molecule has 1 N–H and O–H groups in total. The first-order valence-electron chi connectivity index (χ1n) is 12.9. The van der Waals surface area contributed by atoms with Gasteiger partial charge in [-0.3, -0.25) is 14.0 Å².